The first-order valence-electron chi connectivity index (χ1n) is 5.55. The van der Waals surface area contributed by atoms with Crippen LogP contribution < -0.4 is 0 Å². The van der Waals surface area contributed by atoms with E-state index >= 15 is 0 Å². The molecule has 82 valence electrons. The molecule has 0 aromatic rings. The summed E-state index contributed by atoms with van der Waals surface area (Å²) in [5.41, 5.74) is 0.212. The molecule has 2 rings (SSSR count). The molecule has 15 heavy (non-hydrogen) atoms. The highest BCUT2D eigenvalue weighted by atomic mass is 16.1. The fourth-order valence-electron chi connectivity index (χ4n) is 2.85. The van der Waals surface area contributed by atoms with Gasteiger partial charge in [-0.15, -0.1) is 0 Å². The maximum absolute atomic E-state index is 10.4. The normalized spacial score (nSPS) is 26.4. The second-order valence-electron chi connectivity index (χ2n) is 4.33. The van der Waals surface area contributed by atoms with Crippen molar-refractivity contribution in [3.63, 3.8) is 0 Å². The first-order valence-corrected chi connectivity index (χ1v) is 5.55. The molecule has 1 spiro atoms. The second kappa shape index (κ2) is 4.13. The number of hydrazone groups is 1. The Kier molecular flexibility index (Phi) is 2.84. The summed E-state index contributed by atoms with van der Waals surface area (Å²) in [7, 11) is 0. The molecule has 2 aliphatic rings. The first-order chi connectivity index (χ1) is 7.32. The topological polar surface area (TPSA) is 45.0 Å². The van der Waals surface area contributed by atoms with E-state index in [1.165, 1.54) is 25.7 Å². The van der Waals surface area contributed by atoms with Crippen LogP contribution in [0, 0.1) is 5.41 Å². The molecular weight excluding hydrogens is 190 g/mol. The van der Waals surface area contributed by atoms with Crippen LogP contribution in [0.25, 0.3) is 0 Å². The summed E-state index contributed by atoms with van der Waals surface area (Å²) in [6, 6.07) is 0. The number of aliphatic imine (C=N–C) groups is 1. The van der Waals surface area contributed by atoms with Crippen molar-refractivity contribution in [3.05, 3.63) is 0 Å². The Hall–Kier alpha value is -1.19. The molecule has 0 radical (unpaired) electrons. The van der Waals surface area contributed by atoms with E-state index in [0.29, 0.717) is 0 Å². The van der Waals surface area contributed by atoms with Crippen molar-refractivity contribution >= 4 is 18.8 Å². The fraction of sp³-hybridized carbons (Fsp3) is 0.727. The molecule has 1 heterocycles. The van der Waals surface area contributed by atoms with Crippen LogP contribution in [0.15, 0.2) is 10.1 Å². The summed E-state index contributed by atoms with van der Waals surface area (Å²) < 4.78 is 0. The average Bonchev–Trinajstić information content (AvgIpc) is 2.85. The summed E-state index contributed by atoms with van der Waals surface area (Å²) >= 11 is 0. The molecule has 1 saturated heterocycles. The number of carbonyl (C=O) groups is 1. The summed E-state index contributed by atoms with van der Waals surface area (Å²) in [6.07, 6.45) is 6.88. The van der Waals surface area contributed by atoms with E-state index in [4.69, 9.17) is 0 Å². The van der Waals surface area contributed by atoms with Gasteiger partial charge in [0.15, 0.2) is 0 Å². The van der Waals surface area contributed by atoms with Gasteiger partial charge in [-0.25, -0.2) is 0 Å². The number of hydrogen-bond donors (Lipinski definition) is 0. The van der Waals surface area contributed by atoms with E-state index in [-0.39, 0.29) is 12.0 Å². The van der Waals surface area contributed by atoms with Crippen molar-refractivity contribution in [2.45, 2.75) is 32.1 Å². The van der Waals surface area contributed by atoms with Gasteiger partial charge in [-0.3, -0.25) is 10.0 Å². The van der Waals surface area contributed by atoms with Crippen molar-refractivity contribution in [1.82, 2.24) is 5.01 Å². The van der Waals surface area contributed by atoms with Gasteiger partial charge in [-0.1, -0.05) is 12.8 Å². The summed E-state index contributed by atoms with van der Waals surface area (Å²) in [6.45, 7) is 4.72. The van der Waals surface area contributed by atoms with Crippen LogP contribution >= 0.6 is 0 Å². The van der Waals surface area contributed by atoms with Gasteiger partial charge in [-0.05, 0) is 19.3 Å². The molecule has 1 aliphatic carbocycles. The van der Waals surface area contributed by atoms with Crippen molar-refractivity contribution in [3.8, 4) is 0 Å². The Morgan fingerprint density at radius 2 is 2.13 bits per heavy atom. The minimum atomic E-state index is 0.212. The zero-order valence-corrected chi connectivity index (χ0v) is 8.98. The van der Waals surface area contributed by atoms with Gasteiger partial charge >= 0.3 is 0 Å². The lowest BCUT2D eigenvalue weighted by atomic mass is 9.84. The predicted octanol–water partition coefficient (Wildman–Crippen LogP) is 1.47. The average molecular weight is 207 g/mol. The summed E-state index contributed by atoms with van der Waals surface area (Å²) in [4.78, 5) is 14.8. The fourth-order valence-corrected chi connectivity index (χ4v) is 2.85. The molecule has 0 unspecified atom stereocenters. The minimum Gasteiger partial charge on any atom is -0.301 e. The van der Waals surface area contributed by atoms with Crippen molar-refractivity contribution in [1.29, 1.82) is 0 Å². The maximum atomic E-state index is 10.4. The molecule has 0 amide bonds. The molecular formula is C11H17N3O. The van der Waals surface area contributed by atoms with E-state index in [2.05, 4.69) is 16.8 Å². The summed E-state index contributed by atoms with van der Waals surface area (Å²) in [5.74, 6) is 1.00. The Bertz CT molecular complexity index is 292. The van der Waals surface area contributed by atoms with Gasteiger partial charge in [0.2, 0.25) is 0 Å². The van der Waals surface area contributed by atoms with E-state index < -0.39 is 0 Å². The number of carbonyl (C=O) groups excluding carboxylic acids is 1. The third-order valence-corrected chi connectivity index (χ3v) is 3.57. The van der Waals surface area contributed by atoms with E-state index in [0.717, 1.165) is 25.1 Å². The van der Waals surface area contributed by atoms with Gasteiger partial charge in [-0.2, -0.15) is 5.10 Å². The highest BCUT2D eigenvalue weighted by Crippen LogP contribution is 2.46. The Morgan fingerprint density at radius 1 is 1.40 bits per heavy atom. The predicted molar refractivity (Wildman–Crippen MR) is 60.1 cm³/mol. The molecule has 4 heteroatoms. The van der Waals surface area contributed by atoms with Gasteiger partial charge in [0.1, 0.15) is 12.1 Å². The van der Waals surface area contributed by atoms with Crippen LogP contribution in [0.3, 0.4) is 0 Å². The lowest BCUT2D eigenvalue weighted by Gasteiger charge is -2.24. The van der Waals surface area contributed by atoms with E-state index in [1.54, 1.807) is 0 Å². The highest BCUT2D eigenvalue weighted by Gasteiger charge is 2.45. The van der Waals surface area contributed by atoms with Crippen LogP contribution in [0.2, 0.25) is 0 Å². The maximum Gasteiger partial charge on any atom is 0.141 e. The van der Waals surface area contributed by atoms with Crippen LogP contribution in [-0.4, -0.2) is 36.9 Å². The Morgan fingerprint density at radius 3 is 2.73 bits per heavy atom. The number of nitrogens with zero attached hydrogens (tertiary/aromatic N) is 3. The molecule has 0 atom stereocenters. The lowest BCUT2D eigenvalue weighted by molar-refractivity contribution is -0.106. The molecule has 0 aromatic carbocycles. The standard InChI is InChI=1S/C11H17N3O/c1-12-14-8-6-11(4-2-3-5-11)10(14)13-7-9-15/h9H,1-8H2/b13-10-. The molecule has 0 aromatic heterocycles. The van der Waals surface area contributed by atoms with Crippen molar-refractivity contribution in [2.24, 2.45) is 15.5 Å². The number of rotatable bonds is 3. The summed E-state index contributed by atoms with van der Waals surface area (Å²) in [5, 5.41) is 5.85. The van der Waals surface area contributed by atoms with Crippen molar-refractivity contribution in [2.75, 3.05) is 13.1 Å². The second-order valence-corrected chi connectivity index (χ2v) is 4.33. The highest BCUT2D eigenvalue weighted by molar-refractivity contribution is 5.91. The molecule has 0 N–H and O–H groups in total. The third-order valence-electron chi connectivity index (χ3n) is 3.57. The van der Waals surface area contributed by atoms with Crippen molar-refractivity contribution < 1.29 is 4.79 Å². The van der Waals surface area contributed by atoms with Crippen LogP contribution in [0.1, 0.15) is 32.1 Å². The van der Waals surface area contributed by atoms with Gasteiger partial charge in [0, 0.05) is 18.7 Å². The monoisotopic (exact) mass is 207 g/mol. The van der Waals surface area contributed by atoms with Gasteiger partial charge in [0.25, 0.3) is 0 Å². The number of amidine groups is 1. The number of aldehydes is 1. The van der Waals surface area contributed by atoms with Gasteiger partial charge < -0.3 is 4.79 Å². The zero-order valence-electron chi connectivity index (χ0n) is 8.98. The SMILES string of the molecule is C=NN1CCC2(CCCC2)/C1=N/CC=O. The van der Waals surface area contributed by atoms with Crippen LogP contribution in [-0.2, 0) is 4.79 Å². The van der Waals surface area contributed by atoms with Gasteiger partial charge in [0.05, 0.1) is 6.54 Å². The molecule has 0 bridgehead atoms. The largest absolute Gasteiger partial charge is 0.301 e. The van der Waals surface area contributed by atoms with Crippen LogP contribution in [0.4, 0.5) is 0 Å². The molecule has 2 fully saturated rings. The molecule has 1 aliphatic heterocycles. The smallest absolute Gasteiger partial charge is 0.141 e. The minimum absolute atomic E-state index is 0.212. The van der Waals surface area contributed by atoms with E-state index in [1.807, 2.05) is 5.01 Å². The third kappa shape index (κ3) is 1.68. The Labute approximate surface area is 90.1 Å². The number of hydrogen-bond acceptors (Lipinski definition) is 3. The lowest BCUT2D eigenvalue weighted by Crippen LogP contribution is -2.30. The Balaban J connectivity index is 2.24. The van der Waals surface area contributed by atoms with E-state index in [9.17, 15) is 4.79 Å². The zero-order chi connectivity index (χ0) is 10.7. The first kappa shape index (κ1) is 10.3. The van der Waals surface area contributed by atoms with Crippen LogP contribution in [0.5, 0.6) is 0 Å². The molecule has 1 saturated carbocycles. The quantitative estimate of drug-likeness (QED) is 0.519. The molecule has 4 nitrogen and oxygen atoms in total.